The second kappa shape index (κ2) is 7.09. The highest BCUT2D eigenvalue weighted by molar-refractivity contribution is 7.89. The average Bonchev–Trinajstić information content (AvgIpc) is 3.16. The number of benzene rings is 1. The van der Waals surface area contributed by atoms with Crippen molar-refractivity contribution in [1.82, 2.24) is 4.72 Å². The molecule has 112 valence electrons. The molecule has 1 aliphatic rings. The third kappa shape index (κ3) is 5.22. The van der Waals surface area contributed by atoms with E-state index in [1.165, 1.54) is 31.0 Å². The number of hydrogen-bond donors (Lipinski definition) is 1. The first-order valence-corrected chi connectivity index (χ1v) is 8.75. The summed E-state index contributed by atoms with van der Waals surface area (Å²) in [5.41, 5.74) is 0. The Morgan fingerprint density at radius 2 is 1.85 bits per heavy atom. The second-order valence-corrected chi connectivity index (χ2v) is 7.51. The lowest BCUT2D eigenvalue weighted by Gasteiger charge is -2.08. The minimum Gasteiger partial charge on any atom is -0.381 e. The molecule has 0 saturated heterocycles. The topological polar surface area (TPSA) is 55.4 Å². The van der Waals surface area contributed by atoms with Gasteiger partial charge in [-0.1, -0.05) is 23.2 Å². The zero-order chi connectivity index (χ0) is 14.6. The monoisotopic (exact) mass is 337 g/mol. The van der Waals surface area contributed by atoms with Crippen LogP contribution in [-0.4, -0.2) is 28.2 Å². The van der Waals surface area contributed by atoms with Gasteiger partial charge in [0.05, 0.1) is 4.90 Å². The SMILES string of the molecule is O=S(=O)(NCCCOCC1CC1)c1cc(Cl)cc(Cl)c1. The molecule has 4 nitrogen and oxygen atoms in total. The van der Waals surface area contributed by atoms with Gasteiger partial charge >= 0.3 is 0 Å². The van der Waals surface area contributed by atoms with E-state index in [0.717, 1.165) is 12.5 Å². The van der Waals surface area contributed by atoms with Crippen LogP contribution in [0.1, 0.15) is 19.3 Å². The quantitative estimate of drug-likeness (QED) is 0.741. The normalized spacial score (nSPS) is 15.5. The van der Waals surface area contributed by atoms with Gasteiger partial charge < -0.3 is 4.74 Å². The van der Waals surface area contributed by atoms with Crippen LogP contribution in [0.15, 0.2) is 23.1 Å². The van der Waals surface area contributed by atoms with Gasteiger partial charge in [0.1, 0.15) is 0 Å². The van der Waals surface area contributed by atoms with E-state index < -0.39 is 10.0 Å². The van der Waals surface area contributed by atoms with E-state index in [-0.39, 0.29) is 4.90 Å². The van der Waals surface area contributed by atoms with Crippen molar-refractivity contribution in [2.24, 2.45) is 5.92 Å². The molecular formula is C13H17Cl2NO3S. The van der Waals surface area contributed by atoms with Crippen LogP contribution in [-0.2, 0) is 14.8 Å². The maximum Gasteiger partial charge on any atom is 0.240 e. The molecule has 1 N–H and O–H groups in total. The van der Waals surface area contributed by atoms with Gasteiger partial charge in [-0.3, -0.25) is 0 Å². The van der Waals surface area contributed by atoms with Gasteiger partial charge in [0, 0.05) is 29.8 Å². The lowest BCUT2D eigenvalue weighted by Crippen LogP contribution is -2.25. The fraction of sp³-hybridized carbons (Fsp3) is 0.538. The summed E-state index contributed by atoms with van der Waals surface area (Å²) in [7, 11) is -3.57. The zero-order valence-electron chi connectivity index (χ0n) is 10.9. The van der Waals surface area contributed by atoms with Gasteiger partial charge in [-0.05, 0) is 43.4 Å². The number of ether oxygens (including phenoxy) is 1. The number of sulfonamides is 1. The molecule has 0 radical (unpaired) electrons. The molecule has 0 aliphatic heterocycles. The van der Waals surface area contributed by atoms with E-state index in [2.05, 4.69) is 4.72 Å². The third-order valence-corrected chi connectivity index (χ3v) is 4.83. The Morgan fingerprint density at radius 3 is 2.45 bits per heavy atom. The van der Waals surface area contributed by atoms with Crippen molar-refractivity contribution in [3.8, 4) is 0 Å². The van der Waals surface area contributed by atoms with E-state index in [4.69, 9.17) is 27.9 Å². The number of halogens is 2. The Kier molecular flexibility index (Phi) is 5.69. The Bertz CT molecular complexity index is 538. The van der Waals surface area contributed by atoms with E-state index >= 15 is 0 Å². The summed E-state index contributed by atoms with van der Waals surface area (Å²) in [5.74, 6) is 0.722. The van der Waals surface area contributed by atoms with Crippen LogP contribution in [0.3, 0.4) is 0 Å². The molecule has 0 spiro atoms. The van der Waals surface area contributed by atoms with Crippen LogP contribution in [0.5, 0.6) is 0 Å². The largest absolute Gasteiger partial charge is 0.381 e. The molecule has 1 saturated carbocycles. The minimum absolute atomic E-state index is 0.0777. The van der Waals surface area contributed by atoms with Gasteiger partial charge in [-0.15, -0.1) is 0 Å². The highest BCUT2D eigenvalue weighted by Crippen LogP contribution is 2.28. The predicted molar refractivity (Wildman–Crippen MR) is 79.8 cm³/mol. The molecule has 0 atom stereocenters. The first kappa shape index (κ1) is 16.0. The van der Waals surface area contributed by atoms with Gasteiger partial charge in [-0.25, -0.2) is 13.1 Å². The van der Waals surface area contributed by atoms with Crippen LogP contribution < -0.4 is 4.72 Å². The standard InChI is InChI=1S/C13H17Cl2NO3S/c14-11-6-12(15)8-13(7-11)20(17,18)16-4-1-5-19-9-10-2-3-10/h6-8,10,16H,1-5,9H2. The van der Waals surface area contributed by atoms with Crippen molar-refractivity contribution in [1.29, 1.82) is 0 Å². The molecule has 2 rings (SSSR count). The van der Waals surface area contributed by atoms with Crippen LogP contribution in [0, 0.1) is 5.92 Å². The number of rotatable bonds is 8. The highest BCUT2D eigenvalue weighted by atomic mass is 35.5. The average molecular weight is 338 g/mol. The zero-order valence-corrected chi connectivity index (χ0v) is 13.3. The summed E-state index contributed by atoms with van der Waals surface area (Å²) in [6.07, 6.45) is 3.14. The molecule has 0 amide bonds. The molecule has 1 aliphatic carbocycles. The maximum absolute atomic E-state index is 12.0. The maximum atomic E-state index is 12.0. The van der Waals surface area contributed by atoms with Gasteiger partial charge in [0.2, 0.25) is 10.0 Å². The van der Waals surface area contributed by atoms with E-state index in [9.17, 15) is 8.42 Å². The van der Waals surface area contributed by atoms with E-state index in [1.807, 2.05) is 0 Å². The molecule has 0 unspecified atom stereocenters. The number of nitrogens with one attached hydrogen (secondary N) is 1. The smallest absolute Gasteiger partial charge is 0.240 e. The molecule has 0 heterocycles. The summed E-state index contributed by atoms with van der Waals surface area (Å²) >= 11 is 11.6. The molecule has 7 heteroatoms. The molecule has 0 aromatic heterocycles. The third-order valence-electron chi connectivity index (χ3n) is 2.95. The van der Waals surface area contributed by atoms with Crippen molar-refractivity contribution in [2.75, 3.05) is 19.8 Å². The lowest BCUT2D eigenvalue weighted by molar-refractivity contribution is 0.123. The van der Waals surface area contributed by atoms with Gasteiger partial charge in [0.25, 0.3) is 0 Å². The van der Waals surface area contributed by atoms with Crippen molar-refractivity contribution in [3.63, 3.8) is 0 Å². The molecular weight excluding hydrogens is 321 g/mol. The highest BCUT2D eigenvalue weighted by Gasteiger charge is 2.21. The Balaban J connectivity index is 1.77. The Labute approximate surface area is 129 Å². The lowest BCUT2D eigenvalue weighted by atomic mass is 10.4. The predicted octanol–water partition coefficient (Wildman–Crippen LogP) is 3.09. The molecule has 1 aromatic rings. The molecule has 1 aromatic carbocycles. The van der Waals surface area contributed by atoms with Crippen LogP contribution in [0.25, 0.3) is 0 Å². The fourth-order valence-electron chi connectivity index (χ4n) is 1.68. The van der Waals surface area contributed by atoms with Crippen LogP contribution in [0.2, 0.25) is 10.0 Å². The summed E-state index contributed by atoms with van der Waals surface area (Å²) in [5, 5.41) is 0.594. The molecule has 0 bridgehead atoms. The molecule has 1 fully saturated rings. The minimum atomic E-state index is -3.57. The van der Waals surface area contributed by atoms with Crippen molar-refractivity contribution in [2.45, 2.75) is 24.2 Å². The van der Waals surface area contributed by atoms with Gasteiger partial charge in [-0.2, -0.15) is 0 Å². The fourth-order valence-corrected chi connectivity index (χ4v) is 3.48. The van der Waals surface area contributed by atoms with Crippen molar-refractivity contribution in [3.05, 3.63) is 28.2 Å². The summed E-state index contributed by atoms with van der Waals surface area (Å²) in [6, 6.07) is 4.24. The molecule has 20 heavy (non-hydrogen) atoms. The van der Waals surface area contributed by atoms with Crippen molar-refractivity contribution < 1.29 is 13.2 Å². The first-order valence-electron chi connectivity index (χ1n) is 6.51. The summed E-state index contributed by atoms with van der Waals surface area (Å²) < 4.78 is 32.0. The Hall–Kier alpha value is -0.330. The van der Waals surface area contributed by atoms with E-state index in [0.29, 0.717) is 29.6 Å². The van der Waals surface area contributed by atoms with Crippen LogP contribution in [0.4, 0.5) is 0 Å². The second-order valence-electron chi connectivity index (χ2n) is 4.87. The summed E-state index contributed by atoms with van der Waals surface area (Å²) in [4.78, 5) is 0.0777. The Morgan fingerprint density at radius 1 is 1.20 bits per heavy atom. The van der Waals surface area contributed by atoms with Crippen molar-refractivity contribution >= 4 is 33.2 Å². The summed E-state index contributed by atoms with van der Waals surface area (Å²) in [6.45, 7) is 1.68. The van der Waals surface area contributed by atoms with E-state index in [1.54, 1.807) is 0 Å². The first-order chi connectivity index (χ1) is 9.47. The van der Waals surface area contributed by atoms with Gasteiger partial charge in [0.15, 0.2) is 0 Å². The van der Waals surface area contributed by atoms with Crippen LogP contribution >= 0.6 is 23.2 Å². The number of hydrogen-bond acceptors (Lipinski definition) is 3.